The molecule has 1 heterocycles. The lowest BCUT2D eigenvalue weighted by Crippen LogP contribution is -2.01. The van der Waals surface area contributed by atoms with Gasteiger partial charge < -0.3 is 9.30 Å². The van der Waals surface area contributed by atoms with Gasteiger partial charge in [-0.15, -0.1) is 0 Å². The Hall–Kier alpha value is -2.82. The number of hydrogen-bond acceptors (Lipinski definition) is 3. The standard InChI is InChI=1S/C20H20N2O3/c1-12-9-13-5-4-6-15-16-11-14(25-3)7-8-17(16)21(2)20(15)19(13)18(10-12)22(23)24/h7-11H,4-6H2,1-3H3. The second kappa shape index (κ2) is 5.62. The summed E-state index contributed by atoms with van der Waals surface area (Å²) in [5.41, 5.74) is 6.23. The van der Waals surface area contributed by atoms with Gasteiger partial charge in [-0.25, -0.2) is 0 Å². The van der Waals surface area contributed by atoms with Crippen molar-refractivity contribution >= 4 is 16.6 Å². The van der Waals surface area contributed by atoms with Crippen LogP contribution in [0.2, 0.25) is 0 Å². The molecule has 0 atom stereocenters. The fraction of sp³-hybridized carbons (Fsp3) is 0.300. The van der Waals surface area contributed by atoms with E-state index in [1.165, 1.54) is 5.56 Å². The van der Waals surface area contributed by atoms with Gasteiger partial charge >= 0.3 is 0 Å². The molecule has 4 rings (SSSR count). The molecule has 25 heavy (non-hydrogen) atoms. The molecular formula is C20H20N2O3. The van der Waals surface area contributed by atoms with Crippen molar-refractivity contribution in [3.63, 3.8) is 0 Å². The molecule has 0 bridgehead atoms. The van der Waals surface area contributed by atoms with Crippen molar-refractivity contribution in [2.75, 3.05) is 7.11 Å². The molecule has 0 saturated heterocycles. The summed E-state index contributed by atoms with van der Waals surface area (Å²) < 4.78 is 7.48. The van der Waals surface area contributed by atoms with Crippen LogP contribution < -0.4 is 4.74 Å². The molecule has 0 amide bonds. The summed E-state index contributed by atoms with van der Waals surface area (Å²) in [5, 5.41) is 12.9. The number of fused-ring (bicyclic) bond motifs is 5. The van der Waals surface area contributed by atoms with Gasteiger partial charge in [0, 0.05) is 24.0 Å². The van der Waals surface area contributed by atoms with E-state index in [1.807, 2.05) is 32.2 Å². The molecule has 5 heteroatoms. The van der Waals surface area contributed by atoms with Crippen LogP contribution in [0.25, 0.3) is 22.2 Å². The van der Waals surface area contributed by atoms with E-state index in [-0.39, 0.29) is 10.6 Å². The zero-order valence-corrected chi connectivity index (χ0v) is 14.6. The van der Waals surface area contributed by atoms with Gasteiger partial charge in [-0.05, 0) is 61.1 Å². The topological polar surface area (TPSA) is 57.3 Å². The van der Waals surface area contributed by atoms with Crippen molar-refractivity contribution in [2.24, 2.45) is 7.05 Å². The normalized spacial score (nSPS) is 13.2. The predicted molar refractivity (Wildman–Crippen MR) is 98.3 cm³/mol. The van der Waals surface area contributed by atoms with Gasteiger partial charge in [0.1, 0.15) is 5.75 Å². The highest BCUT2D eigenvalue weighted by Crippen LogP contribution is 2.44. The molecule has 0 spiro atoms. The minimum absolute atomic E-state index is 0.205. The number of nitro benzene ring substituents is 1. The molecule has 0 aliphatic heterocycles. The number of nitro groups is 1. The zero-order chi connectivity index (χ0) is 17.7. The maximum atomic E-state index is 11.8. The molecule has 0 radical (unpaired) electrons. The molecule has 0 fully saturated rings. The minimum atomic E-state index is -0.251. The van der Waals surface area contributed by atoms with Crippen molar-refractivity contribution in [1.82, 2.24) is 4.57 Å². The first-order valence-electron chi connectivity index (χ1n) is 8.45. The van der Waals surface area contributed by atoms with Gasteiger partial charge in [-0.1, -0.05) is 6.07 Å². The summed E-state index contributed by atoms with van der Waals surface area (Å²) in [6, 6.07) is 9.79. The fourth-order valence-corrected chi connectivity index (χ4v) is 4.11. The Morgan fingerprint density at radius 1 is 1.20 bits per heavy atom. The molecule has 1 aromatic heterocycles. The molecule has 3 aromatic rings. The largest absolute Gasteiger partial charge is 0.497 e. The lowest BCUT2D eigenvalue weighted by atomic mass is 9.97. The van der Waals surface area contributed by atoms with Crippen molar-refractivity contribution in [3.05, 3.63) is 57.1 Å². The second-order valence-corrected chi connectivity index (χ2v) is 6.70. The van der Waals surface area contributed by atoms with Crippen LogP contribution in [0, 0.1) is 17.0 Å². The van der Waals surface area contributed by atoms with Crippen LogP contribution in [0.3, 0.4) is 0 Å². The predicted octanol–water partition coefficient (Wildman–Crippen LogP) is 4.56. The van der Waals surface area contributed by atoms with Crippen LogP contribution in [-0.4, -0.2) is 16.6 Å². The Labute approximate surface area is 146 Å². The van der Waals surface area contributed by atoms with E-state index in [1.54, 1.807) is 13.2 Å². The van der Waals surface area contributed by atoms with Gasteiger partial charge in [0.15, 0.2) is 0 Å². The Morgan fingerprint density at radius 3 is 2.72 bits per heavy atom. The van der Waals surface area contributed by atoms with Gasteiger partial charge in [0.05, 0.1) is 23.3 Å². The summed E-state index contributed by atoms with van der Waals surface area (Å²) in [6.45, 7) is 1.92. The Bertz CT molecular complexity index is 1020. The van der Waals surface area contributed by atoms with Crippen molar-refractivity contribution in [3.8, 4) is 17.0 Å². The molecule has 128 valence electrons. The van der Waals surface area contributed by atoms with E-state index in [2.05, 4.69) is 10.6 Å². The van der Waals surface area contributed by atoms with Crippen molar-refractivity contribution in [2.45, 2.75) is 26.2 Å². The lowest BCUT2D eigenvalue weighted by molar-refractivity contribution is -0.384. The van der Waals surface area contributed by atoms with Crippen molar-refractivity contribution < 1.29 is 9.66 Å². The molecule has 2 aromatic carbocycles. The highest BCUT2D eigenvalue weighted by atomic mass is 16.6. The molecule has 0 N–H and O–H groups in total. The van der Waals surface area contributed by atoms with Crippen LogP contribution >= 0.6 is 0 Å². The number of ether oxygens (including phenoxy) is 1. The van der Waals surface area contributed by atoms with E-state index >= 15 is 0 Å². The van der Waals surface area contributed by atoms with Gasteiger partial charge in [-0.3, -0.25) is 10.1 Å². The van der Waals surface area contributed by atoms with Crippen molar-refractivity contribution in [1.29, 1.82) is 0 Å². The van der Waals surface area contributed by atoms with Gasteiger partial charge in [0.25, 0.3) is 5.69 Å². The molecule has 0 unspecified atom stereocenters. The number of methoxy groups -OCH3 is 1. The van der Waals surface area contributed by atoms with E-state index in [0.29, 0.717) is 0 Å². The Morgan fingerprint density at radius 2 is 2.00 bits per heavy atom. The SMILES string of the molecule is COc1ccc2c(c1)c1c(n2C)-c2c(cc(C)cc2[N+](=O)[O-])CCC1. The summed E-state index contributed by atoms with van der Waals surface area (Å²) in [7, 11) is 3.65. The van der Waals surface area contributed by atoms with E-state index in [0.717, 1.165) is 58.3 Å². The lowest BCUT2D eigenvalue weighted by Gasteiger charge is -2.11. The highest BCUT2D eigenvalue weighted by Gasteiger charge is 2.28. The number of hydrogen-bond donors (Lipinski definition) is 0. The maximum absolute atomic E-state index is 11.8. The van der Waals surface area contributed by atoms with Gasteiger partial charge in [-0.2, -0.15) is 0 Å². The van der Waals surface area contributed by atoms with Crippen LogP contribution in [0.4, 0.5) is 5.69 Å². The number of aromatic nitrogens is 1. The van der Waals surface area contributed by atoms with Crippen LogP contribution in [0.15, 0.2) is 30.3 Å². The Kier molecular flexibility index (Phi) is 3.53. The maximum Gasteiger partial charge on any atom is 0.279 e. The highest BCUT2D eigenvalue weighted by molar-refractivity contribution is 5.95. The monoisotopic (exact) mass is 336 g/mol. The fourth-order valence-electron chi connectivity index (χ4n) is 4.11. The smallest absolute Gasteiger partial charge is 0.279 e. The van der Waals surface area contributed by atoms with E-state index in [9.17, 15) is 10.1 Å². The third-order valence-corrected chi connectivity index (χ3v) is 5.16. The number of nitrogens with zero attached hydrogens (tertiary/aromatic N) is 2. The van der Waals surface area contributed by atoms with Crippen LogP contribution in [0.1, 0.15) is 23.1 Å². The average molecular weight is 336 g/mol. The van der Waals surface area contributed by atoms with Crippen LogP contribution in [-0.2, 0) is 19.9 Å². The summed E-state index contributed by atoms with van der Waals surface area (Å²) in [5.74, 6) is 0.809. The molecular weight excluding hydrogens is 316 g/mol. The first-order chi connectivity index (χ1) is 12.0. The molecule has 1 aliphatic rings. The van der Waals surface area contributed by atoms with Crippen LogP contribution in [0.5, 0.6) is 5.75 Å². The average Bonchev–Trinajstić information content (AvgIpc) is 2.75. The summed E-state index contributed by atoms with van der Waals surface area (Å²) in [6.07, 6.45) is 2.75. The van der Waals surface area contributed by atoms with E-state index < -0.39 is 0 Å². The summed E-state index contributed by atoms with van der Waals surface area (Å²) >= 11 is 0. The van der Waals surface area contributed by atoms with Gasteiger partial charge in [0.2, 0.25) is 0 Å². The van der Waals surface area contributed by atoms with E-state index in [4.69, 9.17) is 4.74 Å². The number of aryl methyl sites for hydroxylation is 4. The quantitative estimate of drug-likeness (QED) is 0.509. The molecule has 1 aliphatic carbocycles. The first kappa shape index (κ1) is 15.7. The number of benzene rings is 2. The second-order valence-electron chi connectivity index (χ2n) is 6.70. The number of rotatable bonds is 2. The Balaban J connectivity index is 2.13. The third kappa shape index (κ3) is 2.30. The third-order valence-electron chi connectivity index (χ3n) is 5.16. The molecule has 0 saturated carbocycles. The summed E-state index contributed by atoms with van der Waals surface area (Å²) in [4.78, 5) is 11.5. The first-order valence-corrected chi connectivity index (χ1v) is 8.45. The molecule has 5 nitrogen and oxygen atoms in total. The minimum Gasteiger partial charge on any atom is -0.497 e. The zero-order valence-electron chi connectivity index (χ0n) is 14.6.